The zero-order valence-corrected chi connectivity index (χ0v) is 9.25. The van der Waals surface area contributed by atoms with Crippen LogP contribution in [-0.4, -0.2) is 4.57 Å². The molecule has 0 bridgehead atoms. The van der Waals surface area contributed by atoms with E-state index in [0.29, 0.717) is 11.1 Å². The molecule has 84 valence electrons. The molecule has 0 saturated heterocycles. The summed E-state index contributed by atoms with van der Waals surface area (Å²) in [5.74, 6) is -0.345. The lowest BCUT2D eigenvalue weighted by molar-refractivity contribution is 0.628. The lowest BCUT2D eigenvalue weighted by Gasteiger charge is -2.11. The Morgan fingerprint density at radius 3 is 2.75 bits per heavy atom. The number of nitrogens with zero attached hydrogens (tertiary/aromatic N) is 1. The molecule has 2 N–H and O–H groups in total. The van der Waals surface area contributed by atoms with Crippen LogP contribution in [-0.2, 0) is 13.6 Å². The first-order valence-corrected chi connectivity index (χ1v) is 5.04. The van der Waals surface area contributed by atoms with Gasteiger partial charge in [0.25, 0.3) is 5.56 Å². The average Bonchev–Trinajstić information content (AvgIpc) is 2.27. The monoisotopic (exact) mass is 220 g/mol. The van der Waals surface area contributed by atoms with Crippen molar-refractivity contribution in [2.45, 2.75) is 13.5 Å². The first kappa shape index (κ1) is 10.8. The predicted molar refractivity (Wildman–Crippen MR) is 61.8 cm³/mol. The van der Waals surface area contributed by atoms with Crippen LogP contribution in [0.25, 0.3) is 10.9 Å². The van der Waals surface area contributed by atoms with Gasteiger partial charge in [0.2, 0.25) is 0 Å². The zero-order valence-electron chi connectivity index (χ0n) is 9.25. The Bertz CT molecular complexity index is 616. The van der Waals surface area contributed by atoms with Gasteiger partial charge in [-0.15, -0.1) is 0 Å². The molecular weight excluding hydrogens is 207 g/mol. The molecule has 0 amide bonds. The van der Waals surface area contributed by atoms with Gasteiger partial charge in [0.1, 0.15) is 5.82 Å². The smallest absolute Gasteiger partial charge is 0.255 e. The lowest BCUT2D eigenvalue weighted by atomic mass is 10.0. The van der Waals surface area contributed by atoms with Crippen LogP contribution < -0.4 is 11.3 Å². The SMILES string of the molecule is Cc1c(CN)c(=O)n(C)c2cc(F)ccc12. The number of halogens is 1. The van der Waals surface area contributed by atoms with Crippen LogP contribution in [0.15, 0.2) is 23.0 Å². The van der Waals surface area contributed by atoms with Crippen molar-refractivity contribution in [1.29, 1.82) is 0 Å². The summed E-state index contributed by atoms with van der Waals surface area (Å²) >= 11 is 0. The molecule has 1 aromatic heterocycles. The van der Waals surface area contributed by atoms with E-state index in [-0.39, 0.29) is 17.9 Å². The maximum absolute atomic E-state index is 13.1. The molecule has 0 atom stereocenters. The van der Waals surface area contributed by atoms with Crippen molar-refractivity contribution in [3.8, 4) is 0 Å². The Morgan fingerprint density at radius 1 is 1.44 bits per heavy atom. The van der Waals surface area contributed by atoms with Crippen molar-refractivity contribution in [2.75, 3.05) is 0 Å². The fourth-order valence-electron chi connectivity index (χ4n) is 1.97. The molecule has 4 heteroatoms. The fraction of sp³-hybridized carbons (Fsp3) is 0.250. The molecule has 0 aliphatic heterocycles. The second-order valence-corrected chi connectivity index (χ2v) is 3.83. The highest BCUT2D eigenvalue weighted by Crippen LogP contribution is 2.19. The van der Waals surface area contributed by atoms with E-state index in [4.69, 9.17) is 5.73 Å². The highest BCUT2D eigenvalue weighted by atomic mass is 19.1. The highest BCUT2D eigenvalue weighted by molar-refractivity contribution is 5.83. The third-order valence-corrected chi connectivity index (χ3v) is 2.94. The molecule has 0 aliphatic carbocycles. The molecule has 0 spiro atoms. The molecule has 0 radical (unpaired) electrons. The van der Waals surface area contributed by atoms with Gasteiger partial charge in [0.15, 0.2) is 0 Å². The summed E-state index contributed by atoms with van der Waals surface area (Å²) in [4.78, 5) is 11.9. The first-order valence-electron chi connectivity index (χ1n) is 5.04. The number of fused-ring (bicyclic) bond motifs is 1. The summed E-state index contributed by atoms with van der Waals surface area (Å²) in [6.07, 6.45) is 0. The molecule has 1 heterocycles. The van der Waals surface area contributed by atoms with Gasteiger partial charge < -0.3 is 10.3 Å². The van der Waals surface area contributed by atoms with Gasteiger partial charge in [-0.3, -0.25) is 4.79 Å². The number of hydrogen-bond acceptors (Lipinski definition) is 2. The molecule has 2 aromatic rings. The number of rotatable bonds is 1. The van der Waals surface area contributed by atoms with E-state index in [1.807, 2.05) is 6.92 Å². The van der Waals surface area contributed by atoms with Crippen molar-refractivity contribution in [1.82, 2.24) is 4.57 Å². The molecule has 0 saturated carbocycles. The van der Waals surface area contributed by atoms with Crippen LogP contribution in [0.1, 0.15) is 11.1 Å². The largest absolute Gasteiger partial charge is 0.326 e. The fourth-order valence-corrected chi connectivity index (χ4v) is 1.97. The van der Waals surface area contributed by atoms with Crippen LogP contribution in [0.4, 0.5) is 4.39 Å². The van der Waals surface area contributed by atoms with Crippen LogP contribution in [0.2, 0.25) is 0 Å². The number of nitrogens with two attached hydrogens (primary N) is 1. The number of pyridine rings is 1. The molecular formula is C12H13FN2O. The third-order valence-electron chi connectivity index (χ3n) is 2.94. The standard InChI is InChI=1S/C12H13FN2O/c1-7-9-4-3-8(13)5-11(9)15(2)12(16)10(7)6-14/h3-5H,6,14H2,1-2H3. The molecule has 0 fully saturated rings. The number of benzene rings is 1. The van der Waals surface area contributed by atoms with Gasteiger partial charge in [-0.05, 0) is 30.7 Å². The summed E-state index contributed by atoms with van der Waals surface area (Å²) in [5.41, 5.74) is 7.42. The van der Waals surface area contributed by atoms with E-state index in [2.05, 4.69) is 0 Å². The van der Waals surface area contributed by atoms with Crippen molar-refractivity contribution in [3.63, 3.8) is 0 Å². The Hall–Kier alpha value is -1.68. The van der Waals surface area contributed by atoms with Crippen LogP contribution >= 0.6 is 0 Å². The minimum Gasteiger partial charge on any atom is -0.326 e. The summed E-state index contributed by atoms with van der Waals surface area (Å²) < 4.78 is 14.6. The van der Waals surface area contributed by atoms with Gasteiger partial charge in [0.05, 0.1) is 5.52 Å². The third kappa shape index (κ3) is 1.42. The van der Waals surface area contributed by atoms with E-state index < -0.39 is 0 Å². The van der Waals surface area contributed by atoms with Gasteiger partial charge in [-0.25, -0.2) is 4.39 Å². The molecule has 0 aliphatic rings. The summed E-state index contributed by atoms with van der Waals surface area (Å²) in [7, 11) is 1.63. The number of aryl methyl sites for hydroxylation is 2. The second kappa shape index (κ2) is 3.72. The predicted octanol–water partition coefficient (Wildman–Crippen LogP) is 1.44. The minimum absolute atomic E-state index is 0.155. The van der Waals surface area contributed by atoms with E-state index in [1.54, 1.807) is 13.1 Å². The highest BCUT2D eigenvalue weighted by Gasteiger charge is 2.10. The number of aromatic nitrogens is 1. The van der Waals surface area contributed by atoms with E-state index in [9.17, 15) is 9.18 Å². The average molecular weight is 220 g/mol. The van der Waals surface area contributed by atoms with E-state index in [1.165, 1.54) is 16.7 Å². The van der Waals surface area contributed by atoms with Gasteiger partial charge in [-0.1, -0.05) is 0 Å². The first-order chi connectivity index (χ1) is 7.56. The summed E-state index contributed by atoms with van der Waals surface area (Å²) in [5, 5.41) is 0.865. The Morgan fingerprint density at radius 2 is 2.12 bits per heavy atom. The van der Waals surface area contributed by atoms with Gasteiger partial charge >= 0.3 is 0 Å². The lowest BCUT2D eigenvalue weighted by Crippen LogP contribution is -2.25. The molecule has 2 rings (SSSR count). The van der Waals surface area contributed by atoms with Crippen LogP contribution in [0.3, 0.4) is 0 Å². The van der Waals surface area contributed by atoms with Crippen molar-refractivity contribution in [2.24, 2.45) is 12.8 Å². The molecule has 1 aromatic carbocycles. The molecule has 16 heavy (non-hydrogen) atoms. The second-order valence-electron chi connectivity index (χ2n) is 3.83. The van der Waals surface area contributed by atoms with Crippen molar-refractivity contribution < 1.29 is 4.39 Å². The quantitative estimate of drug-likeness (QED) is 0.790. The molecule has 3 nitrogen and oxygen atoms in total. The van der Waals surface area contributed by atoms with Gasteiger partial charge in [-0.2, -0.15) is 0 Å². The van der Waals surface area contributed by atoms with Crippen LogP contribution in [0, 0.1) is 12.7 Å². The summed E-state index contributed by atoms with van der Waals surface area (Å²) in [6, 6.07) is 4.43. The van der Waals surface area contributed by atoms with E-state index >= 15 is 0 Å². The van der Waals surface area contributed by atoms with Crippen molar-refractivity contribution >= 4 is 10.9 Å². The normalized spacial score (nSPS) is 11.0. The van der Waals surface area contributed by atoms with Gasteiger partial charge in [0, 0.05) is 24.5 Å². The zero-order chi connectivity index (χ0) is 11.9. The van der Waals surface area contributed by atoms with E-state index in [0.717, 1.165) is 10.9 Å². The maximum atomic E-state index is 13.1. The van der Waals surface area contributed by atoms with Crippen LogP contribution in [0.5, 0.6) is 0 Å². The number of hydrogen-bond donors (Lipinski definition) is 1. The topological polar surface area (TPSA) is 48.0 Å². The Labute approximate surface area is 92.3 Å². The summed E-state index contributed by atoms with van der Waals surface area (Å²) in [6.45, 7) is 2.04. The van der Waals surface area contributed by atoms with Crippen molar-refractivity contribution in [3.05, 3.63) is 45.5 Å². The maximum Gasteiger partial charge on any atom is 0.255 e. The molecule has 0 unspecified atom stereocenters. The Kier molecular flexibility index (Phi) is 2.52. The minimum atomic E-state index is -0.345. The Balaban J connectivity index is 3.01.